The molecule has 0 heterocycles. The zero-order chi connectivity index (χ0) is 9.40. The molecule has 0 rings (SSSR count). The second-order valence-corrected chi connectivity index (χ2v) is 4.18. The Kier molecular flexibility index (Phi) is 7.58. The van der Waals surface area contributed by atoms with Gasteiger partial charge in [-0.25, -0.2) is 0 Å². The first kappa shape index (κ1) is 12.0. The van der Waals surface area contributed by atoms with Crippen LogP contribution in [0, 0.1) is 11.8 Å². The molecule has 0 amide bonds. The smallest absolute Gasteiger partial charge is 0.00235 e. The standard InChI is InChI=1S/C11H25N/c1-5-6-11(9-12-4)8-7-10(2)3/h10-12H,5-9H2,1-4H3. The highest BCUT2D eigenvalue weighted by Gasteiger charge is 2.06. The number of nitrogens with one attached hydrogen (secondary N) is 1. The molecule has 0 aromatic rings. The summed E-state index contributed by atoms with van der Waals surface area (Å²) in [4.78, 5) is 0. The molecule has 1 N–H and O–H groups in total. The van der Waals surface area contributed by atoms with Gasteiger partial charge in [0.25, 0.3) is 0 Å². The van der Waals surface area contributed by atoms with Crippen molar-refractivity contribution in [2.24, 2.45) is 11.8 Å². The maximum absolute atomic E-state index is 3.28. The van der Waals surface area contributed by atoms with Crippen molar-refractivity contribution in [1.29, 1.82) is 0 Å². The zero-order valence-electron chi connectivity index (χ0n) is 9.19. The Balaban J connectivity index is 3.48. The van der Waals surface area contributed by atoms with Crippen LogP contribution in [0.15, 0.2) is 0 Å². The fourth-order valence-corrected chi connectivity index (χ4v) is 1.61. The Bertz CT molecular complexity index is 83.0. The van der Waals surface area contributed by atoms with Crippen LogP contribution in [0.4, 0.5) is 0 Å². The summed E-state index contributed by atoms with van der Waals surface area (Å²) in [5, 5.41) is 3.28. The first-order chi connectivity index (χ1) is 5.70. The van der Waals surface area contributed by atoms with Gasteiger partial charge in [0, 0.05) is 0 Å². The highest BCUT2D eigenvalue weighted by Crippen LogP contribution is 2.16. The summed E-state index contributed by atoms with van der Waals surface area (Å²) < 4.78 is 0. The lowest BCUT2D eigenvalue weighted by atomic mass is 9.94. The van der Waals surface area contributed by atoms with Crippen LogP contribution in [0.2, 0.25) is 0 Å². The lowest BCUT2D eigenvalue weighted by Gasteiger charge is -2.16. The van der Waals surface area contributed by atoms with Gasteiger partial charge in [0.15, 0.2) is 0 Å². The van der Waals surface area contributed by atoms with Crippen LogP contribution >= 0.6 is 0 Å². The monoisotopic (exact) mass is 171 g/mol. The highest BCUT2D eigenvalue weighted by atomic mass is 14.8. The van der Waals surface area contributed by atoms with Crippen molar-refractivity contribution in [1.82, 2.24) is 5.32 Å². The fraction of sp³-hybridized carbons (Fsp3) is 1.00. The van der Waals surface area contributed by atoms with Gasteiger partial charge >= 0.3 is 0 Å². The van der Waals surface area contributed by atoms with Crippen LogP contribution in [0.3, 0.4) is 0 Å². The Morgan fingerprint density at radius 2 is 1.75 bits per heavy atom. The molecular formula is C11H25N. The molecule has 0 radical (unpaired) electrons. The summed E-state index contributed by atoms with van der Waals surface area (Å²) >= 11 is 0. The number of rotatable bonds is 7. The molecule has 0 aliphatic rings. The molecule has 0 spiro atoms. The van der Waals surface area contributed by atoms with Crippen LogP contribution < -0.4 is 5.32 Å². The van der Waals surface area contributed by atoms with Crippen LogP contribution in [-0.2, 0) is 0 Å². The fourth-order valence-electron chi connectivity index (χ4n) is 1.61. The third-order valence-electron chi connectivity index (χ3n) is 2.34. The third-order valence-corrected chi connectivity index (χ3v) is 2.34. The summed E-state index contributed by atoms with van der Waals surface area (Å²) in [5.74, 6) is 1.77. The van der Waals surface area contributed by atoms with E-state index in [2.05, 4.69) is 33.1 Å². The highest BCUT2D eigenvalue weighted by molar-refractivity contribution is 4.61. The first-order valence-electron chi connectivity index (χ1n) is 5.35. The van der Waals surface area contributed by atoms with Gasteiger partial charge in [0.2, 0.25) is 0 Å². The van der Waals surface area contributed by atoms with Crippen LogP contribution in [-0.4, -0.2) is 13.6 Å². The van der Waals surface area contributed by atoms with Gasteiger partial charge in [-0.1, -0.05) is 33.6 Å². The van der Waals surface area contributed by atoms with E-state index < -0.39 is 0 Å². The minimum atomic E-state index is 0.862. The average molecular weight is 171 g/mol. The van der Waals surface area contributed by atoms with Gasteiger partial charge in [-0.2, -0.15) is 0 Å². The van der Waals surface area contributed by atoms with Gasteiger partial charge < -0.3 is 5.32 Å². The molecule has 0 aromatic heterocycles. The van der Waals surface area contributed by atoms with E-state index in [0.29, 0.717) is 0 Å². The van der Waals surface area contributed by atoms with Gasteiger partial charge in [0.05, 0.1) is 0 Å². The van der Waals surface area contributed by atoms with Crippen LogP contribution in [0.25, 0.3) is 0 Å². The largest absolute Gasteiger partial charge is 0.319 e. The second kappa shape index (κ2) is 7.60. The predicted molar refractivity (Wildman–Crippen MR) is 56.4 cm³/mol. The van der Waals surface area contributed by atoms with Crippen molar-refractivity contribution in [3.05, 3.63) is 0 Å². The molecule has 0 saturated carbocycles. The quantitative estimate of drug-likeness (QED) is 0.621. The summed E-state index contributed by atoms with van der Waals surface area (Å²) in [6.07, 6.45) is 5.48. The molecule has 1 nitrogen and oxygen atoms in total. The number of hydrogen-bond donors (Lipinski definition) is 1. The Labute approximate surface area is 77.9 Å². The van der Waals surface area contributed by atoms with Crippen molar-refractivity contribution < 1.29 is 0 Å². The summed E-state index contributed by atoms with van der Waals surface area (Å²) in [5.41, 5.74) is 0. The van der Waals surface area contributed by atoms with E-state index in [0.717, 1.165) is 11.8 Å². The molecule has 1 atom stereocenters. The van der Waals surface area contributed by atoms with E-state index in [-0.39, 0.29) is 0 Å². The molecule has 0 aliphatic heterocycles. The van der Waals surface area contributed by atoms with E-state index in [1.54, 1.807) is 0 Å². The van der Waals surface area contributed by atoms with Crippen molar-refractivity contribution >= 4 is 0 Å². The second-order valence-electron chi connectivity index (χ2n) is 4.18. The molecule has 12 heavy (non-hydrogen) atoms. The van der Waals surface area contributed by atoms with E-state index in [4.69, 9.17) is 0 Å². The van der Waals surface area contributed by atoms with Crippen molar-refractivity contribution in [2.45, 2.75) is 46.5 Å². The SMILES string of the molecule is CCCC(CCC(C)C)CNC. The maximum atomic E-state index is 3.28. The molecule has 0 saturated heterocycles. The van der Waals surface area contributed by atoms with E-state index >= 15 is 0 Å². The average Bonchev–Trinajstić information content (AvgIpc) is 2.01. The Morgan fingerprint density at radius 3 is 2.17 bits per heavy atom. The number of hydrogen-bond acceptors (Lipinski definition) is 1. The Hall–Kier alpha value is -0.0400. The van der Waals surface area contributed by atoms with E-state index in [1.165, 1.54) is 32.2 Å². The lowest BCUT2D eigenvalue weighted by Crippen LogP contribution is -2.19. The van der Waals surface area contributed by atoms with Crippen molar-refractivity contribution in [3.63, 3.8) is 0 Å². The molecule has 0 fully saturated rings. The van der Waals surface area contributed by atoms with Crippen molar-refractivity contribution in [3.8, 4) is 0 Å². The predicted octanol–water partition coefficient (Wildman–Crippen LogP) is 3.06. The normalized spacial score (nSPS) is 13.8. The molecule has 1 unspecified atom stereocenters. The van der Waals surface area contributed by atoms with Gasteiger partial charge in [-0.15, -0.1) is 0 Å². The zero-order valence-corrected chi connectivity index (χ0v) is 9.19. The molecule has 74 valence electrons. The summed E-state index contributed by atoms with van der Waals surface area (Å²) in [6.45, 7) is 8.09. The Morgan fingerprint density at radius 1 is 1.08 bits per heavy atom. The van der Waals surface area contributed by atoms with E-state index in [1.807, 2.05) is 0 Å². The van der Waals surface area contributed by atoms with E-state index in [9.17, 15) is 0 Å². The third kappa shape index (κ3) is 6.66. The van der Waals surface area contributed by atoms with Crippen molar-refractivity contribution in [2.75, 3.05) is 13.6 Å². The first-order valence-corrected chi connectivity index (χ1v) is 5.35. The van der Waals surface area contributed by atoms with Gasteiger partial charge in [-0.05, 0) is 38.3 Å². The molecule has 1 heteroatoms. The van der Waals surface area contributed by atoms with Crippen LogP contribution in [0.1, 0.15) is 46.5 Å². The lowest BCUT2D eigenvalue weighted by molar-refractivity contribution is 0.386. The summed E-state index contributed by atoms with van der Waals surface area (Å²) in [6, 6.07) is 0. The van der Waals surface area contributed by atoms with Gasteiger partial charge in [0.1, 0.15) is 0 Å². The van der Waals surface area contributed by atoms with Crippen LogP contribution in [0.5, 0.6) is 0 Å². The molecule has 0 aliphatic carbocycles. The maximum Gasteiger partial charge on any atom is -0.00235 e. The topological polar surface area (TPSA) is 12.0 Å². The molecular weight excluding hydrogens is 146 g/mol. The summed E-state index contributed by atoms with van der Waals surface area (Å²) in [7, 11) is 2.05. The minimum absolute atomic E-state index is 0.862. The minimum Gasteiger partial charge on any atom is -0.319 e. The molecule has 0 aromatic carbocycles. The molecule has 0 bridgehead atoms. The van der Waals surface area contributed by atoms with Gasteiger partial charge in [-0.3, -0.25) is 0 Å².